The van der Waals surface area contributed by atoms with Crippen molar-refractivity contribution < 1.29 is 26.4 Å². The van der Waals surface area contributed by atoms with Gasteiger partial charge in [0.2, 0.25) is 11.9 Å². The molecule has 0 saturated carbocycles. The summed E-state index contributed by atoms with van der Waals surface area (Å²) >= 11 is 0. The van der Waals surface area contributed by atoms with Gasteiger partial charge in [-0.2, -0.15) is 0 Å². The van der Waals surface area contributed by atoms with Crippen molar-refractivity contribution in [1.29, 1.82) is 0 Å². The van der Waals surface area contributed by atoms with E-state index in [1.165, 1.54) is 73.9 Å². The Morgan fingerprint density at radius 1 is 1.00 bits per heavy atom. The lowest BCUT2D eigenvalue weighted by atomic mass is 10.2. The Morgan fingerprint density at radius 2 is 1.64 bits per heavy atom. The number of sulfonamides is 2. The van der Waals surface area contributed by atoms with Crippen LogP contribution in [0.1, 0.15) is 17.3 Å². The predicted molar refractivity (Wildman–Crippen MR) is 117 cm³/mol. The van der Waals surface area contributed by atoms with Gasteiger partial charge >= 0.3 is 0 Å². The minimum atomic E-state index is -4.16. The number of hydrogen-bond donors (Lipinski definition) is 2. The van der Waals surface area contributed by atoms with Crippen molar-refractivity contribution >= 4 is 43.5 Å². The van der Waals surface area contributed by atoms with Crippen LogP contribution in [0.25, 0.3) is 0 Å². The molecule has 4 rings (SSSR count). The van der Waals surface area contributed by atoms with E-state index < -0.39 is 37.9 Å². The number of amides is 2. The zero-order valence-electron chi connectivity index (χ0n) is 17.0. The fourth-order valence-electron chi connectivity index (χ4n) is 3.19. The first-order valence-corrected chi connectivity index (χ1v) is 12.4. The molecule has 0 saturated heterocycles. The van der Waals surface area contributed by atoms with E-state index in [-0.39, 0.29) is 27.0 Å². The van der Waals surface area contributed by atoms with Gasteiger partial charge in [0.05, 0.1) is 10.5 Å². The SMILES string of the molecule is C[C@H](C(=O)Nc1ccc(S(=O)(=O)Nc2ncccn2)cc1)N1C(=O)c2ccccc2S1(=O)=O. The highest BCUT2D eigenvalue weighted by Crippen LogP contribution is 2.32. The summed E-state index contributed by atoms with van der Waals surface area (Å²) in [5.74, 6) is -1.64. The first-order valence-electron chi connectivity index (χ1n) is 9.50. The standard InChI is InChI=1S/C20H17N5O6S2/c1-13(25-19(27)16-5-2-3-6-17(16)33(25,30)31)18(26)23-14-7-9-15(10-8-14)32(28,29)24-20-21-11-4-12-22-20/h2-13H,1H3,(H,23,26)(H,21,22,24)/t13-/m1/s1. The highest BCUT2D eigenvalue weighted by Gasteiger charge is 2.45. The maximum Gasteiger partial charge on any atom is 0.269 e. The summed E-state index contributed by atoms with van der Waals surface area (Å²) < 4.78 is 53.1. The van der Waals surface area contributed by atoms with E-state index in [1.54, 1.807) is 0 Å². The summed E-state index contributed by atoms with van der Waals surface area (Å²) in [4.78, 5) is 32.6. The van der Waals surface area contributed by atoms with Crippen molar-refractivity contribution in [2.24, 2.45) is 0 Å². The van der Waals surface area contributed by atoms with E-state index in [0.29, 0.717) is 4.31 Å². The summed E-state index contributed by atoms with van der Waals surface area (Å²) in [6, 6.07) is 11.1. The molecule has 2 N–H and O–H groups in total. The lowest BCUT2D eigenvalue weighted by molar-refractivity contribution is -0.118. The topological polar surface area (TPSA) is 155 Å². The maximum atomic E-state index is 12.7. The number of benzene rings is 2. The van der Waals surface area contributed by atoms with Crippen LogP contribution >= 0.6 is 0 Å². The minimum Gasteiger partial charge on any atom is -0.324 e. The van der Waals surface area contributed by atoms with Crippen LogP contribution in [0.5, 0.6) is 0 Å². The van der Waals surface area contributed by atoms with Gasteiger partial charge in [0.1, 0.15) is 10.9 Å². The fourth-order valence-corrected chi connectivity index (χ4v) is 5.87. The van der Waals surface area contributed by atoms with Gasteiger partial charge in [-0.15, -0.1) is 0 Å². The lowest BCUT2D eigenvalue weighted by Crippen LogP contribution is -2.45. The van der Waals surface area contributed by atoms with Gasteiger partial charge in [0.25, 0.3) is 26.0 Å². The number of nitrogens with one attached hydrogen (secondary N) is 2. The zero-order valence-corrected chi connectivity index (χ0v) is 18.7. The third kappa shape index (κ3) is 4.15. The Balaban J connectivity index is 1.49. The Bertz CT molecular complexity index is 1440. The van der Waals surface area contributed by atoms with Gasteiger partial charge in [0, 0.05) is 18.1 Å². The molecular formula is C20H17N5O6S2. The smallest absolute Gasteiger partial charge is 0.269 e. The van der Waals surface area contributed by atoms with Crippen LogP contribution in [0.15, 0.2) is 76.8 Å². The van der Waals surface area contributed by atoms with Crippen LogP contribution in [-0.2, 0) is 24.8 Å². The second kappa shape index (κ2) is 8.26. The first-order chi connectivity index (χ1) is 15.6. The van der Waals surface area contributed by atoms with Crippen molar-refractivity contribution in [3.05, 3.63) is 72.6 Å². The van der Waals surface area contributed by atoms with Crippen molar-refractivity contribution in [3.8, 4) is 0 Å². The highest BCUT2D eigenvalue weighted by molar-refractivity contribution is 7.92. The molecule has 3 aromatic rings. The van der Waals surface area contributed by atoms with Crippen LogP contribution in [0.4, 0.5) is 11.6 Å². The molecular weight excluding hydrogens is 470 g/mol. The third-order valence-corrected chi connectivity index (χ3v) is 8.07. The van der Waals surface area contributed by atoms with Gasteiger partial charge in [-0.1, -0.05) is 12.1 Å². The monoisotopic (exact) mass is 487 g/mol. The molecule has 1 aromatic heterocycles. The number of aromatic nitrogens is 2. The van der Waals surface area contributed by atoms with E-state index >= 15 is 0 Å². The van der Waals surface area contributed by atoms with E-state index in [0.717, 1.165) is 0 Å². The van der Waals surface area contributed by atoms with Crippen molar-refractivity contribution in [2.75, 3.05) is 10.0 Å². The molecule has 0 bridgehead atoms. The second-order valence-electron chi connectivity index (χ2n) is 6.97. The number of nitrogens with zero attached hydrogens (tertiary/aromatic N) is 3. The first kappa shape index (κ1) is 22.4. The van der Waals surface area contributed by atoms with E-state index in [2.05, 4.69) is 20.0 Å². The summed E-state index contributed by atoms with van der Waals surface area (Å²) in [7, 11) is -8.13. The summed E-state index contributed by atoms with van der Waals surface area (Å²) in [5, 5.41) is 2.49. The number of rotatable bonds is 6. The molecule has 11 nitrogen and oxygen atoms in total. The second-order valence-corrected chi connectivity index (χ2v) is 10.4. The molecule has 0 unspecified atom stereocenters. The molecule has 13 heteroatoms. The average Bonchev–Trinajstić information content (AvgIpc) is 2.99. The molecule has 1 atom stereocenters. The Hall–Kier alpha value is -3.84. The predicted octanol–water partition coefficient (Wildman–Crippen LogP) is 1.45. The molecule has 0 radical (unpaired) electrons. The zero-order chi connectivity index (χ0) is 23.8. The van der Waals surface area contributed by atoms with E-state index in [1.807, 2.05) is 0 Å². The largest absolute Gasteiger partial charge is 0.324 e. The summed E-state index contributed by atoms with van der Waals surface area (Å²) in [6.45, 7) is 1.29. The van der Waals surface area contributed by atoms with Crippen LogP contribution < -0.4 is 10.0 Å². The van der Waals surface area contributed by atoms with E-state index in [4.69, 9.17) is 0 Å². The molecule has 33 heavy (non-hydrogen) atoms. The van der Waals surface area contributed by atoms with Crippen LogP contribution in [0.2, 0.25) is 0 Å². The molecule has 1 aliphatic rings. The number of fused-ring (bicyclic) bond motifs is 1. The third-order valence-electron chi connectivity index (χ3n) is 4.81. The van der Waals surface area contributed by atoms with Crippen LogP contribution in [0.3, 0.4) is 0 Å². The maximum absolute atomic E-state index is 12.7. The average molecular weight is 488 g/mol. The van der Waals surface area contributed by atoms with Crippen molar-refractivity contribution in [1.82, 2.24) is 14.3 Å². The summed E-state index contributed by atoms with van der Waals surface area (Å²) in [5.41, 5.74) is 0.213. The van der Waals surface area contributed by atoms with Crippen molar-refractivity contribution in [3.63, 3.8) is 0 Å². The number of anilines is 2. The van der Waals surface area contributed by atoms with Crippen molar-refractivity contribution in [2.45, 2.75) is 22.8 Å². The van der Waals surface area contributed by atoms with Crippen LogP contribution in [-0.4, -0.2) is 49.0 Å². The van der Waals surface area contributed by atoms with E-state index in [9.17, 15) is 26.4 Å². The molecule has 1 aliphatic heterocycles. The molecule has 2 heterocycles. The normalized spacial score (nSPS) is 15.5. The molecule has 2 aromatic carbocycles. The quantitative estimate of drug-likeness (QED) is 0.529. The van der Waals surface area contributed by atoms with Gasteiger partial charge in [-0.05, 0) is 49.4 Å². The van der Waals surface area contributed by atoms with Gasteiger partial charge in [0.15, 0.2) is 0 Å². The fraction of sp³-hybridized carbons (Fsp3) is 0.100. The van der Waals surface area contributed by atoms with Crippen LogP contribution in [0, 0.1) is 0 Å². The number of carbonyl (C=O) groups excluding carboxylic acids is 2. The molecule has 0 fully saturated rings. The molecule has 0 aliphatic carbocycles. The highest BCUT2D eigenvalue weighted by atomic mass is 32.2. The Kier molecular flexibility index (Phi) is 5.59. The molecule has 2 amide bonds. The lowest BCUT2D eigenvalue weighted by Gasteiger charge is -2.22. The number of carbonyl (C=O) groups is 2. The number of hydrogen-bond acceptors (Lipinski definition) is 8. The molecule has 170 valence electrons. The Morgan fingerprint density at radius 3 is 2.27 bits per heavy atom. The van der Waals surface area contributed by atoms with Gasteiger partial charge in [-0.3, -0.25) is 9.59 Å². The minimum absolute atomic E-state index is 0.00149. The van der Waals surface area contributed by atoms with Gasteiger partial charge in [-0.25, -0.2) is 35.8 Å². The van der Waals surface area contributed by atoms with Gasteiger partial charge < -0.3 is 5.32 Å². The molecule has 0 spiro atoms. The summed E-state index contributed by atoms with van der Waals surface area (Å²) in [6.07, 6.45) is 2.77. The Labute approximate surface area is 189 Å².